The fourth-order valence-electron chi connectivity index (χ4n) is 5.22. The number of hydrogen-bond acceptors (Lipinski definition) is 3. The fourth-order valence-corrected chi connectivity index (χ4v) is 6.34. The van der Waals surface area contributed by atoms with Crippen LogP contribution >= 0.6 is 11.3 Å². The van der Waals surface area contributed by atoms with Crippen LogP contribution in [0.4, 0.5) is 0 Å². The van der Waals surface area contributed by atoms with Crippen LogP contribution in [0.15, 0.2) is 84.9 Å². The van der Waals surface area contributed by atoms with Crippen LogP contribution in [0, 0.1) is 22.7 Å². The highest BCUT2D eigenvalue weighted by atomic mass is 32.1. The van der Waals surface area contributed by atoms with Gasteiger partial charge in [0.1, 0.15) is 12.1 Å². The van der Waals surface area contributed by atoms with E-state index in [-0.39, 0.29) is 0 Å². The van der Waals surface area contributed by atoms with Gasteiger partial charge in [0.15, 0.2) is 0 Å². The van der Waals surface area contributed by atoms with E-state index in [2.05, 4.69) is 78.9 Å². The van der Waals surface area contributed by atoms with Crippen molar-refractivity contribution in [1.82, 2.24) is 0 Å². The van der Waals surface area contributed by atoms with E-state index in [1.165, 1.54) is 30.9 Å². The minimum Gasteiger partial charge on any atom is -0.192 e. The first-order chi connectivity index (χ1) is 16.3. The van der Waals surface area contributed by atoms with Crippen LogP contribution in [-0.2, 0) is 0 Å². The molecule has 0 radical (unpaired) electrons. The molecule has 0 spiro atoms. The normalized spacial score (nSPS) is 11.6. The summed E-state index contributed by atoms with van der Waals surface area (Å²) in [7, 11) is 0. The summed E-state index contributed by atoms with van der Waals surface area (Å²) in [5, 5.41) is 30.9. The lowest BCUT2D eigenvalue weighted by molar-refractivity contribution is 1.45. The van der Waals surface area contributed by atoms with Gasteiger partial charge in [-0.2, -0.15) is 10.5 Å². The van der Waals surface area contributed by atoms with E-state index in [1.54, 1.807) is 0 Å². The molecule has 3 heteroatoms. The zero-order chi connectivity index (χ0) is 22.1. The third-order valence-electron chi connectivity index (χ3n) is 6.69. The van der Waals surface area contributed by atoms with Gasteiger partial charge in [0.05, 0.1) is 11.1 Å². The molecule has 0 saturated carbocycles. The molecular formula is C30H14N2S. The lowest BCUT2D eigenvalue weighted by atomic mass is 9.88. The first-order valence-electron chi connectivity index (χ1n) is 10.7. The quantitative estimate of drug-likeness (QED) is 0.225. The van der Waals surface area contributed by atoms with E-state index in [9.17, 15) is 10.5 Å². The monoisotopic (exact) mass is 434 g/mol. The van der Waals surface area contributed by atoms with Crippen LogP contribution in [0.25, 0.3) is 63.3 Å². The summed E-state index contributed by atoms with van der Waals surface area (Å²) in [4.78, 5) is 0. The minimum atomic E-state index is 0.417. The van der Waals surface area contributed by atoms with Gasteiger partial charge in [0, 0.05) is 20.2 Å². The minimum absolute atomic E-state index is 0.417. The molecule has 7 rings (SSSR count). The van der Waals surface area contributed by atoms with Gasteiger partial charge >= 0.3 is 0 Å². The lowest BCUT2D eigenvalue weighted by Crippen LogP contribution is -1.90. The summed E-state index contributed by atoms with van der Waals surface area (Å²) < 4.78 is 2.53. The number of benzene rings is 6. The summed E-state index contributed by atoms with van der Waals surface area (Å²) in [5.74, 6) is 0. The van der Waals surface area contributed by atoms with Crippen molar-refractivity contribution < 1.29 is 0 Å². The summed E-state index contributed by atoms with van der Waals surface area (Å²) in [6.07, 6.45) is 0. The number of fused-ring (bicyclic) bond motifs is 11. The van der Waals surface area contributed by atoms with Crippen molar-refractivity contribution in [3.05, 3.63) is 96.1 Å². The van der Waals surface area contributed by atoms with Crippen molar-refractivity contribution in [3.8, 4) is 12.1 Å². The Morgan fingerprint density at radius 2 is 1.15 bits per heavy atom. The fraction of sp³-hybridized carbons (Fsp3) is 0. The van der Waals surface area contributed by atoms with Gasteiger partial charge in [-0.15, -0.1) is 11.3 Å². The zero-order valence-electron chi connectivity index (χ0n) is 17.4. The van der Waals surface area contributed by atoms with Gasteiger partial charge in [-0.1, -0.05) is 54.6 Å². The average Bonchev–Trinajstić information content (AvgIpc) is 3.24. The van der Waals surface area contributed by atoms with Gasteiger partial charge in [0.25, 0.3) is 0 Å². The van der Waals surface area contributed by atoms with Crippen LogP contribution in [0.3, 0.4) is 0 Å². The molecule has 0 unspecified atom stereocenters. The van der Waals surface area contributed by atoms with E-state index in [1.807, 2.05) is 29.5 Å². The Morgan fingerprint density at radius 1 is 0.485 bits per heavy atom. The molecule has 0 saturated heterocycles. The van der Waals surface area contributed by atoms with Crippen molar-refractivity contribution in [3.63, 3.8) is 0 Å². The van der Waals surface area contributed by atoms with Crippen molar-refractivity contribution in [2.45, 2.75) is 0 Å². The molecule has 0 bridgehead atoms. The van der Waals surface area contributed by atoms with E-state index in [4.69, 9.17) is 0 Å². The second-order valence-corrected chi connectivity index (χ2v) is 9.45. The molecule has 1 heterocycles. The first-order valence-corrected chi connectivity index (χ1v) is 11.5. The molecule has 6 aromatic carbocycles. The number of thiophene rings is 1. The van der Waals surface area contributed by atoms with Crippen molar-refractivity contribution in [2.24, 2.45) is 0 Å². The van der Waals surface area contributed by atoms with Crippen LogP contribution < -0.4 is 0 Å². The molecule has 0 atom stereocenters. The topological polar surface area (TPSA) is 47.6 Å². The summed E-state index contributed by atoms with van der Waals surface area (Å²) in [5.41, 5.74) is 0.835. The zero-order valence-corrected chi connectivity index (χ0v) is 18.2. The highest BCUT2D eigenvalue weighted by Crippen LogP contribution is 2.44. The number of rotatable bonds is 0. The van der Waals surface area contributed by atoms with Crippen molar-refractivity contribution >= 4 is 74.6 Å². The SMILES string of the molecule is N#Cc1cc2c3cc4c(cc3c3ccc5ccccc5c3c2cc1C#N)sc1ccccc14. The Kier molecular flexibility index (Phi) is 3.59. The second kappa shape index (κ2) is 6.53. The molecule has 0 fully saturated rings. The Morgan fingerprint density at radius 3 is 1.97 bits per heavy atom. The third kappa shape index (κ3) is 2.40. The van der Waals surface area contributed by atoms with Gasteiger partial charge in [0.2, 0.25) is 0 Å². The number of hydrogen-bond donors (Lipinski definition) is 0. The number of nitriles is 2. The lowest BCUT2D eigenvalue weighted by Gasteiger charge is -2.14. The third-order valence-corrected chi connectivity index (χ3v) is 7.83. The molecular weight excluding hydrogens is 420 g/mol. The maximum Gasteiger partial charge on any atom is 0.101 e. The van der Waals surface area contributed by atoms with Gasteiger partial charge in [-0.05, 0) is 73.4 Å². The van der Waals surface area contributed by atoms with Gasteiger partial charge < -0.3 is 0 Å². The molecule has 0 amide bonds. The van der Waals surface area contributed by atoms with Crippen molar-refractivity contribution in [1.29, 1.82) is 10.5 Å². The van der Waals surface area contributed by atoms with Crippen LogP contribution in [0.2, 0.25) is 0 Å². The molecule has 7 aromatic rings. The van der Waals surface area contributed by atoms with E-state index < -0.39 is 0 Å². The van der Waals surface area contributed by atoms with Crippen LogP contribution in [0.5, 0.6) is 0 Å². The first kappa shape index (κ1) is 18.2. The van der Waals surface area contributed by atoms with E-state index >= 15 is 0 Å². The molecule has 33 heavy (non-hydrogen) atoms. The molecule has 150 valence electrons. The van der Waals surface area contributed by atoms with E-state index in [0.29, 0.717) is 11.1 Å². The maximum atomic E-state index is 9.75. The Labute approximate surface area is 193 Å². The standard InChI is InChI=1S/C30H14N2S/c31-15-18-11-23-24-13-26-21-7-3-4-8-28(21)33-29(26)14-25(24)22-10-9-17-5-1-2-6-20(17)30(22)27(23)12-19(18)16-32/h1-14H. The Hall–Kier alpha value is -4.44. The van der Waals surface area contributed by atoms with Crippen molar-refractivity contribution in [2.75, 3.05) is 0 Å². The molecule has 0 aliphatic rings. The molecule has 0 aliphatic heterocycles. The van der Waals surface area contributed by atoms with Gasteiger partial charge in [-0.25, -0.2) is 0 Å². The highest BCUT2D eigenvalue weighted by Gasteiger charge is 2.16. The summed E-state index contributed by atoms with van der Waals surface area (Å²) in [6, 6.07) is 34.1. The molecule has 1 aromatic heterocycles. The molecule has 2 nitrogen and oxygen atoms in total. The van der Waals surface area contributed by atoms with Crippen LogP contribution in [-0.4, -0.2) is 0 Å². The maximum absolute atomic E-state index is 9.75. The largest absolute Gasteiger partial charge is 0.192 e. The average molecular weight is 435 g/mol. The summed E-state index contributed by atoms with van der Waals surface area (Å²) >= 11 is 1.81. The predicted molar refractivity (Wildman–Crippen MR) is 139 cm³/mol. The summed E-state index contributed by atoms with van der Waals surface area (Å²) in [6.45, 7) is 0. The highest BCUT2D eigenvalue weighted by molar-refractivity contribution is 7.25. The molecule has 0 aliphatic carbocycles. The van der Waals surface area contributed by atoms with Crippen LogP contribution in [0.1, 0.15) is 11.1 Å². The predicted octanol–water partition coefficient (Wildman–Crippen LogP) is 8.41. The smallest absolute Gasteiger partial charge is 0.101 e. The van der Waals surface area contributed by atoms with Gasteiger partial charge in [-0.3, -0.25) is 0 Å². The Balaban J connectivity index is 1.83. The second-order valence-electron chi connectivity index (χ2n) is 8.37. The molecule has 0 N–H and O–H groups in total. The number of nitrogens with zero attached hydrogens (tertiary/aromatic N) is 2. The van der Waals surface area contributed by atoms with E-state index in [0.717, 1.165) is 32.3 Å². The Bertz CT molecular complexity index is 2050.